The third-order valence-corrected chi connectivity index (χ3v) is 9.81. The minimum Gasteiger partial charge on any atom is -0.162 e. The van der Waals surface area contributed by atoms with Crippen molar-refractivity contribution in [1.82, 2.24) is 0 Å². The molecule has 0 aromatic carbocycles. The van der Waals surface area contributed by atoms with Crippen LogP contribution in [0.5, 0.6) is 0 Å². The maximum Gasteiger partial charge on any atom is -0.00418 e. The third kappa shape index (κ3) is 24.0. The summed E-state index contributed by atoms with van der Waals surface area (Å²) in [5.74, 6) is 12.5. The van der Waals surface area contributed by atoms with Crippen molar-refractivity contribution < 1.29 is 0 Å². The molecule has 0 aromatic rings. The molecule has 3 aliphatic heterocycles. The lowest BCUT2D eigenvalue weighted by molar-refractivity contribution is 0.523. The average Bonchev–Trinajstić information content (AvgIpc) is 3.05. The van der Waals surface area contributed by atoms with E-state index in [2.05, 4.69) is 63.0 Å². The molecule has 4 fully saturated rings. The van der Waals surface area contributed by atoms with Crippen LogP contribution in [-0.4, -0.2) is 34.5 Å². The molecular weight excluding hydrogens is 433 g/mol. The van der Waals surface area contributed by atoms with Crippen LogP contribution in [0.1, 0.15) is 121 Å². The molecule has 4 rings (SSSR count). The van der Waals surface area contributed by atoms with Crippen LogP contribution in [0.15, 0.2) is 0 Å². The number of hydrogen-bond acceptors (Lipinski definition) is 3. The van der Waals surface area contributed by atoms with E-state index in [1.807, 2.05) is 0 Å². The molecule has 3 heterocycles. The molecule has 2 atom stereocenters. The molecule has 0 spiro atoms. The predicted octanol–water partition coefficient (Wildman–Crippen LogP) is 10.9. The highest BCUT2D eigenvalue weighted by atomic mass is 32.2. The lowest BCUT2D eigenvalue weighted by Crippen LogP contribution is -2.04. The van der Waals surface area contributed by atoms with Gasteiger partial charge in [-0.3, -0.25) is 0 Å². The van der Waals surface area contributed by atoms with Crippen LogP contribution < -0.4 is 0 Å². The first-order valence-electron chi connectivity index (χ1n) is 12.3. The fourth-order valence-electron chi connectivity index (χ4n) is 3.91. The van der Waals surface area contributed by atoms with Gasteiger partial charge in [0.1, 0.15) is 0 Å². The van der Waals surface area contributed by atoms with Crippen molar-refractivity contribution in [3.05, 3.63) is 0 Å². The largest absolute Gasteiger partial charge is 0.162 e. The van der Waals surface area contributed by atoms with Gasteiger partial charge in [0.05, 0.1) is 0 Å². The Morgan fingerprint density at radius 1 is 0.387 bits per heavy atom. The van der Waals surface area contributed by atoms with Crippen LogP contribution in [0.25, 0.3) is 0 Å². The molecule has 1 saturated carbocycles. The van der Waals surface area contributed by atoms with Crippen LogP contribution in [0, 0.1) is 23.7 Å². The zero-order chi connectivity index (χ0) is 20.5. The van der Waals surface area contributed by atoms with Crippen LogP contribution >= 0.6 is 35.3 Å². The van der Waals surface area contributed by atoms with Gasteiger partial charge in [0.2, 0.25) is 0 Å². The minimum atomic E-state index is 0. The Morgan fingerprint density at radius 3 is 1.10 bits per heavy atom. The van der Waals surface area contributed by atoms with Gasteiger partial charge >= 0.3 is 0 Å². The second kappa shape index (κ2) is 25.7. The second-order valence-electron chi connectivity index (χ2n) is 9.66. The van der Waals surface area contributed by atoms with Gasteiger partial charge < -0.3 is 0 Å². The van der Waals surface area contributed by atoms with Crippen molar-refractivity contribution in [2.24, 2.45) is 23.7 Å². The molecule has 4 aliphatic rings. The zero-order valence-electron chi connectivity index (χ0n) is 19.6. The molecular formula is C28H62S3. The van der Waals surface area contributed by atoms with E-state index in [0.29, 0.717) is 0 Å². The van der Waals surface area contributed by atoms with Crippen LogP contribution in [0.2, 0.25) is 0 Å². The number of rotatable bonds is 0. The van der Waals surface area contributed by atoms with Crippen molar-refractivity contribution in [2.45, 2.75) is 121 Å². The lowest BCUT2D eigenvalue weighted by Gasteiger charge is -2.15. The molecule has 3 heteroatoms. The van der Waals surface area contributed by atoms with Crippen molar-refractivity contribution in [1.29, 1.82) is 0 Å². The Bertz CT molecular complexity index is 292. The molecule has 192 valence electrons. The predicted molar refractivity (Wildman–Crippen MR) is 160 cm³/mol. The van der Waals surface area contributed by atoms with E-state index in [1.54, 1.807) is 0 Å². The minimum absolute atomic E-state index is 0. The summed E-state index contributed by atoms with van der Waals surface area (Å²) < 4.78 is 0. The summed E-state index contributed by atoms with van der Waals surface area (Å²) in [6.45, 7) is 9.39. The molecule has 0 radical (unpaired) electrons. The average molecular weight is 495 g/mol. The Hall–Kier alpha value is 1.05. The summed E-state index contributed by atoms with van der Waals surface area (Å²) in [7, 11) is 0. The normalized spacial score (nSPS) is 26.3. The van der Waals surface area contributed by atoms with Gasteiger partial charge in [-0.2, -0.15) is 35.3 Å². The van der Waals surface area contributed by atoms with E-state index < -0.39 is 0 Å². The van der Waals surface area contributed by atoms with E-state index in [1.165, 1.54) is 105 Å². The summed E-state index contributed by atoms with van der Waals surface area (Å²) in [6, 6.07) is 0. The molecule has 3 saturated heterocycles. The van der Waals surface area contributed by atoms with E-state index in [9.17, 15) is 0 Å². The smallest absolute Gasteiger partial charge is 0.00418 e. The quantitative estimate of drug-likeness (QED) is 0.328. The fourth-order valence-corrected chi connectivity index (χ4v) is 7.50. The van der Waals surface area contributed by atoms with E-state index >= 15 is 0 Å². The fraction of sp³-hybridized carbons (Fsp3) is 1.00. The van der Waals surface area contributed by atoms with Gasteiger partial charge in [-0.15, -0.1) is 0 Å². The first kappa shape index (κ1) is 36.6. The van der Waals surface area contributed by atoms with E-state index in [4.69, 9.17) is 0 Å². The maximum absolute atomic E-state index is 2.37. The Morgan fingerprint density at radius 2 is 0.742 bits per heavy atom. The monoisotopic (exact) mass is 494 g/mol. The van der Waals surface area contributed by atoms with Gasteiger partial charge in [-0.25, -0.2) is 0 Å². The standard InChI is InChI=1S/C7H14S.2C6H12S.C6H12.3CH4/c1-7-3-2-5-8-6-4-7;1-6-2-4-7-5-3-6;1-6-3-2-4-7-5-6;1-6-4-2-3-5-6;;;/h7H,2-6H2,1H3;2*6H,2-5H2,1H3;6H,2-5H2,1H3;3*1H4. The molecule has 0 amide bonds. The Labute approximate surface area is 213 Å². The van der Waals surface area contributed by atoms with Gasteiger partial charge in [-0.05, 0) is 103 Å². The van der Waals surface area contributed by atoms with Gasteiger partial charge in [0, 0.05) is 0 Å². The third-order valence-electron chi connectivity index (χ3n) is 6.28. The lowest BCUT2D eigenvalue weighted by atomic mass is 10.0. The van der Waals surface area contributed by atoms with Gasteiger partial charge in [0.15, 0.2) is 0 Å². The Kier molecular flexibility index (Phi) is 30.3. The summed E-state index contributed by atoms with van der Waals surface area (Å²) >= 11 is 6.32. The van der Waals surface area contributed by atoms with Crippen LogP contribution in [0.3, 0.4) is 0 Å². The molecule has 1 aliphatic carbocycles. The summed E-state index contributed by atoms with van der Waals surface area (Å²) in [5, 5.41) is 0. The highest BCUT2D eigenvalue weighted by Crippen LogP contribution is 2.23. The van der Waals surface area contributed by atoms with Gasteiger partial charge in [-0.1, -0.05) is 75.7 Å². The second-order valence-corrected chi connectivity index (χ2v) is 13.3. The highest BCUT2D eigenvalue weighted by molar-refractivity contribution is 7.99. The molecule has 31 heavy (non-hydrogen) atoms. The van der Waals surface area contributed by atoms with Crippen LogP contribution in [-0.2, 0) is 0 Å². The maximum atomic E-state index is 2.37. The summed E-state index contributed by atoms with van der Waals surface area (Å²) in [5.41, 5.74) is 0. The first-order chi connectivity index (χ1) is 13.6. The van der Waals surface area contributed by atoms with Gasteiger partial charge in [0.25, 0.3) is 0 Å². The topological polar surface area (TPSA) is 0 Å². The van der Waals surface area contributed by atoms with Crippen molar-refractivity contribution in [3.8, 4) is 0 Å². The summed E-state index contributed by atoms with van der Waals surface area (Å²) in [4.78, 5) is 0. The molecule has 0 N–H and O–H groups in total. The highest BCUT2D eigenvalue weighted by Gasteiger charge is 2.08. The number of hydrogen-bond donors (Lipinski definition) is 0. The van der Waals surface area contributed by atoms with E-state index in [-0.39, 0.29) is 22.3 Å². The van der Waals surface area contributed by atoms with Crippen molar-refractivity contribution in [2.75, 3.05) is 34.5 Å². The molecule has 2 unspecified atom stereocenters. The van der Waals surface area contributed by atoms with Crippen molar-refractivity contribution >= 4 is 35.3 Å². The van der Waals surface area contributed by atoms with E-state index in [0.717, 1.165) is 23.7 Å². The zero-order valence-corrected chi connectivity index (χ0v) is 22.0. The summed E-state index contributed by atoms with van der Waals surface area (Å²) in [6.07, 6.45) is 16.1. The first-order valence-corrected chi connectivity index (χ1v) is 15.8. The molecule has 0 aromatic heterocycles. The SMILES string of the molecule is C.C.C.CC1CCCC1.CC1CCCSC1.CC1CCCSCC1.CC1CCSCC1. The van der Waals surface area contributed by atoms with Crippen molar-refractivity contribution in [3.63, 3.8) is 0 Å². The Balaban J connectivity index is -0.000000328. The molecule has 0 nitrogen and oxygen atoms in total. The number of thioether (sulfide) groups is 3. The molecule has 0 bridgehead atoms. The van der Waals surface area contributed by atoms with Crippen LogP contribution in [0.4, 0.5) is 0 Å².